The highest BCUT2D eigenvalue weighted by atomic mass is 35.5. The van der Waals surface area contributed by atoms with E-state index in [4.69, 9.17) is 17.3 Å². The molecule has 0 amide bonds. The van der Waals surface area contributed by atoms with Gasteiger partial charge in [0.2, 0.25) is 5.78 Å². The fourth-order valence-electron chi connectivity index (χ4n) is 2.27. The molecule has 24 heavy (non-hydrogen) atoms. The first-order valence-electron chi connectivity index (χ1n) is 7.35. The van der Waals surface area contributed by atoms with E-state index in [1.807, 2.05) is 38.1 Å². The summed E-state index contributed by atoms with van der Waals surface area (Å²) >= 11 is 7.21. The number of carbonyl (C=O) groups is 1. The molecule has 0 fully saturated rings. The summed E-state index contributed by atoms with van der Waals surface area (Å²) < 4.78 is 0. The second kappa shape index (κ2) is 6.63. The standard InChI is InChI=1S/C18H16ClN3OS/c1-10-3-5-12(6-4-10)15(23)16-17(20)22-18(24-16)21-14-8-7-13(19)9-11(14)2/h3-9H,20H2,1-2H3,(H,21,22). The monoisotopic (exact) mass is 357 g/mol. The van der Waals surface area contributed by atoms with Crippen molar-refractivity contribution in [1.82, 2.24) is 4.98 Å². The number of nitrogens with one attached hydrogen (secondary N) is 1. The number of aromatic nitrogens is 1. The van der Waals surface area contributed by atoms with Crippen molar-refractivity contribution in [1.29, 1.82) is 0 Å². The maximum absolute atomic E-state index is 12.6. The number of carbonyl (C=O) groups excluding carboxylic acids is 1. The molecule has 0 aliphatic carbocycles. The number of nitrogens with zero attached hydrogens (tertiary/aromatic N) is 1. The number of rotatable bonds is 4. The third kappa shape index (κ3) is 3.42. The van der Waals surface area contributed by atoms with Gasteiger partial charge < -0.3 is 11.1 Å². The molecule has 0 bridgehead atoms. The number of nitrogen functional groups attached to an aromatic ring is 1. The molecule has 3 aromatic rings. The Labute approximate surface area is 149 Å². The van der Waals surface area contributed by atoms with E-state index in [9.17, 15) is 4.79 Å². The van der Waals surface area contributed by atoms with Gasteiger partial charge in [0.1, 0.15) is 10.7 Å². The molecule has 3 N–H and O–H groups in total. The number of ketones is 1. The molecule has 0 unspecified atom stereocenters. The minimum Gasteiger partial charge on any atom is -0.382 e. The van der Waals surface area contributed by atoms with Crippen LogP contribution in [0.4, 0.5) is 16.6 Å². The first kappa shape index (κ1) is 16.5. The van der Waals surface area contributed by atoms with Gasteiger partial charge in [-0.3, -0.25) is 4.79 Å². The molecule has 1 heterocycles. The predicted molar refractivity (Wildman–Crippen MR) is 101 cm³/mol. The average Bonchev–Trinajstić information content (AvgIpc) is 2.91. The molecular formula is C18H16ClN3OS. The van der Waals surface area contributed by atoms with Crippen LogP contribution in [0.15, 0.2) is 42.5 Å². The van der Waals surface area contributed by atoms with Crippen LogP contribution in [0.25, 0.3) is 0 Å². The molecule has 1 aromatic heterocycles. The zero-order chi connectivity index (χ0) is 17.3. The quantitative estimate of drug-likeness (QED) is 0.647. The van der Waals surface area contributed by atoms with Crippen molar-refractivity contribution in [3.63, 3.8) is 0 Å². The first-order chi connectivity index (χ1) is 11.4. The summed E-state index contributed by atoms with van der Waals surface area (Å²) in [4.78, 5) is 17.3. The van der Waals surface area contributed by atoms with Gasteiger partial charge in [0.05, 0.1) is 0 Å². The second-order valence-corrected chi connectivity index (χ2v) is 6.95. The molecule has 3 rings (SSSR count). The van der Waals surface area contributed by atoms with Crippen molar-refractivity contribution in [2.75, 3.05) is 11.1 Å². The number of hydrogen-bond donors (Lipinski definition) is 2. The molecule has 0 saturated carbocycles. The van der Waals surface area contributed by atoms with Crippen LogP contribution in [0.2, 0.25) is 5.02 Å². The van der Waals surface area contributed by atoms with Crippen molar-refractivity contribution in [2.24, 2.45) is 0 Å². The van der Waals surface area contributed by atoms with E-state index < -0.39 is 0 Å². The summed E-state index contributed by atoms with van der Waals surface area (Å²) in [6, 6.07) is 12.9. The molecular weight excluding hydrogens is 342 g/mol. The van der Waals surface area contributed by atoms with E-state index in [0.29, 0.717) is 20.6 Å². The van der Waals surface area contributed by atoms with Crippen LogP contribution in [0, 0.1) is 13.8 Å². The summed E-state index contributed by atoms with van der Waals surface area (Å²) in [7, 11) is 0. The molecule has 6 heteroatoms. The van der Waals surface area contributed by atoms with Gasteiger partial charge in [0.15, 0.2) is 5.13 Å². The maximum Gasteiger partial charge on any atom is 0.206 e. The van der Waals surface area contributed by atoms with Gasteiger partial charge >= 0.3 is 0 Å². The van der Waals surface area contributed by atoms with Crippen molar-refractivity contribution in [2.45, 2.75) is 13.8 Å². The Morgan fingerprint density at radius 2 is 1.88 bits per heavy atom. The average molecular weight is 358 g/mol. The molecule has 0 aliphatic rings. The number of halogens is 1. The van der Waals surface area contributed by atoms with Crippen LogP contribution < -0.4 is 11.1 Å². The van der Waals surface area contributed by atoms with Crippen LogP contribution in [0.3, 0.4) is 0 Å². The lowest BCUT2D eigenvalue weighted by molar-refractivity contribution is 0.104. The molecule has 0 spiro atoms. The summed E-state index contributed by atoms with van der Waals surface area (Å²) in [6.07, 6.45) is 0. The Morgan fingerprint density at radius 1 is 1.17 bits per heavy atom. The van der Waals surface area contributed by atoms with E-state index in [1.165, 1.54) is 11.3 Å². The highest BCUT2D eigenvalue weighted by molar-refractivity contribution is 7.18. The van der Waals surface area contributed by atoms with Crippen LogP contribution in [0.1, 0.15) is 26.4 Å². The Bertz CT molecular complexity index is 903. The van der Waals surface area contributed by atoms with E-state index >= 15 is 0 Å². The van der Waals surface area contributed by atoms with E-state index in [2.05, 4.69) is 10.3 Å². The number of aryl methyl sites for hydroxylation is 2. The molecule has 0 saturated heterocycles. The topological polar surface area (TPSA) is 68.0 Å². The van der Waals surface area contributed by atoms with Crippen molar-refractivity contribution >= 4 is 45.4 Å². The largest absolute Gasteiger partial charge is 0.382 e. The van der Waals surface area contributed by atoms with E-state index in [-0.39, 0.29) is 11.6 Å². The number of anilines is 3. The molecule has 0 aliphatic heterocycles. The molecule has 4 nitrogen and oxygen atoms in total. The highest BCUT2D eigenvalue weighted by Crippen LogP contribution is 2.31. The number of benzene rings is 2. The molecule has 0 atom stereocenters. The van der Waals surface area contributed by atoms with E-state index in [1.54, 1.807) is 18.2 Å². The van der Waals surface area contributed by atoms with Gasteiger partial charge in [0.25, 0.3) is 0 Å². The van der Waals surface area contributed by atoms with Gasteiger partial charge in [-0.2, -0.15) is 0 Å². The van der Waals surface area contributed by atoms with Crippen molar-refractivity contribution in [3.8, 4) is 0 Å². The van der Waals surface area contributed by atoms with Crippen molar-refractivity contribution < 1.29 is 4.79 Å². The van der Waals surface area contributed by atoms with Gasteiger partial charge in [-0.25, -0.2) is 4.98 Å². The number of hydrogen-bond acceptors (Lipinski definition) is 5. The highest BCUT2D eigenvalue weighted by Gasteiger charge is 2.18. The fourth-order valence-corrected chi connectivity index (χ4v) is 3.35. The molecule has 2 aromatic carbocycles. The summed E-state index contributed by atoms with van der Waals surface area (Å²) in [5.74, 6) is 0.116. The Balaban J connectivity index is 1.87. The van der Waals surface area contributed by atoms with E-state index in [0.717, 1.165) is 16.8 Å². The zero-order valence-electron chi connectivity index (χ0n) is 13.3. The second-order valence-electron chi connectivity index (χ2n) is 5.51. The number of thiazole rings is 1. The van der Waals surface area contributed by atoms with Crippen LogP contribution in [0.5, 0.6) is 0 Å². The third-order valence-corrected chi connectivity index (χ3v) is 4.82. The normalized spacial score (nSPS) is 10.6. The van der Waals surface area contributed by atoms with Gasteiger partial charge in [-0.05, 0) is 37.6 Å². The van der Waals surface area contributed by atoms with Crippen LogP contribution in [-0.4, -0.2) is 10.8 Å². The minimum atomic E-state index is -0.120. The third-order valence-electron chi connectivity index (χ3n) is 3.60. The zero-order valence-corrected chi connectivity index (χ0v) is 14.8. The Kier molecular flexibility index (Phi) is 4.55. The Hall–Kier alpha value is -2.37. The lowest BCUT2D eigenvalue weighted by atomic mass is 10.1. The fraction of sp³-hybridized carbons (Fsp3) is 0.111. The summed E-state index contributed by atoms with van der Waals surface area (Å²) in [5.41, 5.74) is 9.51. The SMILES string of the molecule is Cc1ccc(C(=O)c2sc(Nc3ccc(Cl)cc3C)nc2N)cc1. The van der Waals surface area contributed by atoms with Gasteiger partial charge in [-0.15, -0.1) is 0 Å². The molecule has 122 valence electrons. The predicted octanol–water partition coefficient (Wildman–Crippen LogP) is 4.97. The Morgan fingerprint density at radius 3 is 2.54 bits per heavy atom. The summed E-state index contributed by atoms with van der Waals surface area (Å²) in [6.45, 7) is 3.93. The van der Waals surface area contributed by atoms with Gasteiger partial charge in [0, 0.05) is 16.3 Å². The summed E-state index contributed by atoms with van der Waals surface area (Å²) in [5, 5.41) is 4.44. The maximum atomic E-state index is 12.6. The van der Waals surface area contributed by atoms with Crippen LogP contribution >= 0.6 is 22.9 Å². The lowest BCUT2D eigenvalue weighted by Crippen LogP contribution is -2.02. The minimum absolute atomic E-state index is 0.120. The first-order valence-corrected chi connectivity index (χ1v) is 8.54. The van der Waals surface area contributed by atoms with Crippen LogP contribution in [-0.2, 0) is 0 Å². The van der Waals surface area contributed by atoms with Crippen molar-refractivity contribution in [3.05, 3.63) is 69.1 Å². The smallest absolute Gasteiger partial charge is 0.206 e. The molecule has 0 radical (unpaired) electrons. The number of nitrogens with two attached hydrogens (primary N) is 1. The van der Waals surface area contributed by atoms with Gasteiger partial charge in [-0.1, -0.05) is 52.8 Å². The lowest BCUT2D eigenvalue weighted by Gasteiger charge is -2.06.